The van der Waals surface area contributed by atoms with Gasteiger partial charge >= 0.3 is 12.8 Å². The average molecular weight is 308 g/mol. The molecular formula is C10H11ClF5NO2. The van der Waals surface area contributed by atoms with Crippen LogP contribution >= 0.6 is 12.4 Å². The normalized spacial score (nSPS) is 14.7. The van der Waals surface area contributed by atoms with E-state index < -0.39 is 24.9 Å². The van der Waals surface area contributed by atoms with Crippen LogP contribution < -0.4 is 10.5 Å². The van der Waals surface area contributed by atoms with Crippen LogP contribution in [-0.4, -0.2) is 24.0 Å². The monoisotopic (exact) mass is 307 g/mol. The number of aliphatic hydroxyl groups is 1. The van der Waals surface area contributed by atoms with Crippen molar-refractivity contribution in [2.45, 2.75) is 24.9 Å². The van der Waals surface area contributed by atoms with Gasteiger partial charge in [-0.2, -0.15) is 22.0 Å². The summed E-state index contributed by atoms with van der Waals surface area (Å²) in [6.07, 6.45) is -7.57. The van der Waals surface area contributed by atoms with Gasteiger partial charge in [0.25, 0.3) is 0 Å². The largest absolute Gasteiger partial charge is 0.435 e. The van der Waals surface area contributed by atoms with Crippen LogP contribution in [0.15, 0.2) is 24.3 Å². The summed E-state index contributed by atoms with van der Waals surface area (Å²) in [6.45, 7) is -3.02. The summed E-state index contributed by atoms with van der Waals surface area (Å²) < 4.78 is 64.2. The van der Waals surface area contributed by atoms with E-state index in [0.717, 1.165) is 24.3 Å². The number of hydrogen-bond acceptors (Lipinski definition) is 3. The molecule has 1 aromatic rings. The second-order valence-electron chi connectivity index (χ2n) is 3.46. The number of ether oxygens (including phenoxy) is 1. The van der Waals surface area contributed by atoms with Gasteiger partial charge in [0.05, 0.1) is 6.04 Å². The molecule has 0 radical (unpaired) electrons. The highest BCUT2D eigenvalue weighted by molar-refractivity contribution is 5.85. The third-order valence-electron chi connectivity index (χ3n) is 2.17. The fraction of sp³-hybridized carbons (Fsp3) is 0.400. The van der Waals surface area contributed by atoms with Gasteiger partial charge in [-0.15, -0.1) is 12.4 Å². The average Bonchev–Trinajstić information content (AvgIpc) is 2.26. The van der Waals surface area contributed by atoms with Gasteiger partial charge in [0.1, 0.15) is 5.75 Å². The molecule has 0 aliphatic carbocycles. The molecule has 0 amide bonds. The van der Waals surface area contributed by atoms with Gasteiger partial charge in [-0.1, -0.05) is 12.1 Å². The van der Waals surface area contributed by atoms with Gasteiger partial charge in [0.2, 0.25) is 0 Å². The molecule has 0 saturated carbocycles. The van der Waals surface area contributed by atoms with Gasteiger partial charge in [0.15, 0.2) is 6.10 Å². The van der Waals surface area contributed by atoms with E-state index in [4.69, 9.17) is 10.8 Å². The van der Waals surface area contributed by atoms with Crippen LogP contribution in [0.1, 0.15) is 11.6 Å². The van der Waals surface area contributed by atoms with Crippen LogP contribution in [0.2, 0.25) is 0 Å². The van der Waals surface area contributed by atoms with Crippen molar-refractivity contribution in [2.75, 3.05) is 0 Å². The highest BCUT2D eigenvalue weighted by Gasteiger charge is 2.42. The van der Waals surface area contributed by atoms with Gasteiger partial charge in [0, 0.05) is 0 Å². The molecule has 110 valence electrons. The zero-order valence-corrected chi connectivity index (χ0v) is 10.1. The number of aliphatic hydroxyl groups excluding tert-OH is 1. The molecule has 0 aliphatic heterocycles. The highest BCUT2D eigenvalue weighted by Crippen LogP contribution is 2.29. The molecule has 0 saturated heterocycles. The number of hydrogen-bond donors (Lipinski definition) is 2. The Morgan fingerprint density at radius 2 is 1.58 bits per heavy atom. The van der Waals surface area contributed by atoms with Crippen molar-refractivity contribution in [1.82, 2.24) is 0 Å². The maximum Gasteiger partial charge on any atom is 0.416 e. The van der Waals surface area contributed by atoms with Crippen LogP contribution in [-0.2, 0) is 0 Å². The number of alkyl halides is 5. The molecule has 0 fully saturated rings. The number of benzene rings is 1. The van der Waals surface area contributed by atoms with E-state index in [9.17, 15) is 22.0 Å². The Hall–Kier alpha value is -1.12. The lowest BCUT2D eigenvalue weighted by Gasteiger charge is -2.21. The molecular weight excluding hydrogens is 297 g/mol. The minimum absolute atomic E-state index is 0. The summed E-state index contributed by atoms with van der Waals surface area (Å²) in [7, 11) is 0. The van der Waals surface area contributed by atoms with Gasteiger partial charge in [-0.3, -0.25) is 0 Å². The Bertz CT molecular complexity index is 385. The summed E-state index contributed by atoms with van der Waals surface area (Å²) in [4.78, 5) is 0. The van der Waals surface area contributed by atoms with E-state index >= 15 is 0 Å². The first-order chi connectivity index (χ1) is 8.21. The maximum absolute atomic E-state index is 12.2. The molecule has 0 aromatic heterocycles. The number of rotatable bonds is 4. The summed E-state index contributed by atoms with van der Waals surface area (Å²) in [5.74, 6) is -0.206. The predicted octanol–water partition coefficient (Wildman–Crippen LogP) is 2.63. The third kappa shape index (κ3) is 5.17. The van der Waals surface area contributed by atoms with Crippen molar-refractivity contribution in [3.05, 3.63) is 29.8 Å². The molecule has 9 heteroatoms. The molecule has 2 atom stereocenters. The van der Waals surface area contributed by atoms with Crippen molar-refractivity contribution in [3.63, 3.8) is 0 Å². The lowest BCUT2D eigenvalue weighted by molar-refractivity contribution is -0.210. The predicted molar refractivity (Wildman–Crippen MR) is 59.3 cm³/mol. The van der Waals surface area contributed by atoms with E-state index in [1.54, 1.807) is 0 Å². The third-order valence-corrected chi connectivity index (χ3v) is 2.17. The van der Waals surface area contributed by atoms with Crippen LogP contribution in [0.4, 0.5) is 22.0 Å². The first kappa shape index (κ1) is 17.9. The van der Waals surface area contributed by atoms with Crippen molar-refractivity contribution >= 4 is 12.4 Å². The Labute approximate surface area is 111 Å². The van der Waals surface area contributed by atoms with Crippen LogP contribution in [0, 0.1) is 0 Å². The molecule has 0 aliphatic rings. The molecule has 0 unspecified atom stereocenters. The van der Waals surface area contributed by atoms with E-state index in [2.05, 4.69) is 4.74 Å². The minimum Gasteiger partial charge on any atom is -0.435 e. The zero-order valence-electron chi connectivity index (χ0n) is 9.27. The van der Waals surface area contributed by atoms with E-state index in [0.29, 0.717) is 0 Å². The van der Waals surface area contributed by atoms with Crippen molar-refractivity contribution < 1.29 is 31.8 Å². The summed E-state index contributed by atoms with van der Waals surface area (Å²) in [6, 6.07) is 2.56. The van der Waals surface area contributed by atoms with Crippen LogP contribution in [0.5, 0.6) is 5.75 Å². The molecule has 1 aromatic carbocycles. The fourth-order valence-corrected chi connectivity index (χ4v) is 1.26. The SMILES string of the molecule is Cl.N[C@H](c1ccc(OC(F)F)cc1)[C@@H](O)C(F)(F)F. The quantitative estimate of drug-likeness (QED) is 0.841. The standard InChI is InChI=1S/C10H10F5NO2.ClH/c11-9(12)18-6-3-1-5(2-4-6)7(16)8(17)10(13,14)15;/h1-4,7-9,17H,16H2;1H/t7-,8-;/m1./s1. The topological polar surface area (TPSA) is 55.5 Å². The molecule has 0 spiro atoms. The highest BCUT2D eigenvalue weighted by atomic mass is 35.5. The minimum atomic E-state index is -4.85. The Morgan fingerprint density at radius 3 is 1.95 bits per heavy atom. The summed E-state index contributed by atoms with van der Waals surface area (Å²) in [5.41, 5.74) is 5.18. The second kappa shape index (κ2) is 6.88. The van der Waals surface area contributed by atoms with Gasteiger partial charge in [-0.25, -0.2) is 0 Å². The Balaban J connectivity index is 0.00000324. The van der Waals surface area contributed by atoms with Crippen LogP contribution in [0.3, 0.4) is 0 Å². The second-order valence-corrected chi connectivity index (χ2v) is 3.46. The molecule has 19 heavy (non-hydrogen) atoms. The lowest BCUT2D eigenvalue weighted by Crippen LogP contribution is -2.38. The van der Waals surface area contributed by atoms with Gasteiger partial charge in [-0.05, 0) is 17.7 Å². The fourth-order valence-electron chi connectivity index (χ4n) is 1.26. The van der Waals surface area contributed by atoms with Crippen molar-refractivity contribution in [1.29, 1.82) is 0 Å². The maximum atomic E-state index is 12.2. The number of halogens is 6. The smallest absolute Gasteiger partial charge is 0.416 e. The van der Waals surface area contributed by atoms with E-state index in [-0.39, 0.29) is 23.7 Å². The first-order valence-corrected chi connectivity index (χ1v) is 4.77. The number of nitrogens with two attached hydrogens (primary N) is 1. The van der Waals surface area contributed by atoms with E-state index in [1.807, 2.05) is 0 Å². The molecule has 1 rings (SSSR count). The molecule has 0 heterocycles. The molecule has 3 nitrogen and oxygen atoms in total. The van der Waals surface area contributed by atoms with Crippen molar-refractivity contribution in [2.24, 2.45) is 5.73 Å². The van der Waals surface area contributed by atoms with Crippen molar-refractivity contribution in [3.8, 4) is 5.75 Å². The Morgan fingerprint density at radius 1 is 1.11 bits per heavy atom. The summed E-state index contributed by atoms with van der Waals surface area (Å²) in [5, 5.41) is 8.92. The van der Waals surface area contributed by atoms with Crippen LogP contribution in [0.25, 0.3) is 0 Å². The zero-order chi connectivity index (χ0) is 13.9. The van der Waals surface area contributed by atoms with Gasteiger partial charge < -0.3 is 15.6 Å². The summed E-state index contributed by atoms with van der Waals surface area (Å²) >= 11 is 0. The Kier molecular flexibility index (Phi) is 6.47. The molecule has 3 N–H and O–H groups in total. The first-order valence-electron chi connectivity index (χ1n) is 4.77. The lowest BCUT2D eigenvalue weighted by atomic mass is 10.0. The van der Waals surface area contributed by atoms with E-state index in [1.165, 1.54) is 0 Å². The molecule has 0 bridgehead atoms.